The Morgan fingerprint density at radius 1 is 1.07 bits per heavy atom. The highest BCUT2D eigenvalue weighted by Crippen LogP contribution is 2.70. The number of para-hydroxylation sites is 1. The minimum atomic E-state index is -0.470. The molecule has 2 amide bonds. The summed E-state index contributed by atoms with van der Waals surface area (Å²) in [6, 6.07) is 15.2. The minimum Gasteiger partial charge on any atom is -0.307 e. The number of non-ortho nitro benzene ring substituents is 1. The monoisotopic (exact) mass is 381 g/mol. The van der Waals surface area contributed by atoms with E-state index in [0.29, 0.717) is 11.6 Å². The van der Waals surface area contributed by atoms with E-state index in [0.717, 1.165) is 5.69 Å². The first-order valence-corrected chi connectivity index (χ1v) is 9.47. The van der Waals surface area contributed by atoms with Gasteiger partial charge in [-0.05, 0) is 41.9 Å². The van der Waals surface area contributed by atoms with Gasteiger partial charge in [-0.2, -0.15) is 0 Å². The maximum atomic E-state index is 13.2. The third-order valence-electron chi connectivity index (χ3n) is 6.58. The largest absolute Gasteiger partial charge is 0.326 e. The van der Waals surface area contributed by atoms with Gasteiger partial charge in [-0.1, -0.05) is 52.0 Å². The second-order valence-electron chi connectivity index (χ2n) is 8.60. The van der Waals surface area contributed by atoms with Crippen molar-refractivity contribution in [3.63, 3.8) is 0 Å². The Labute approximate surface area is 165 Å². The van der Waals surface area contributed by atoms with Gasteiger partial charge < -0.3 is 5.32 Å². The number of nitro groups is 1. The van der Waals surface area contributed by atoms with Gasteiger partial charge in [0.05, 0.1) is 4.92 Å². The number of nitro benzene ring substituents is 1. The smallest absolute Gasteiger partial charge is 0.307 e. The fourth-order valence-corrected chi connectivity index (χ4v) is 4.61. The summed E-state index contributed by atoms with van der Waals surface area (Å²) in [6.45, 7) is 11.0. The Hall–Kier alpha value is -2.89. The van der Waals surface area contributed by atoms with Crippen molar-refractivity contribution in [1.29, 1.82) is 0 Å². The number of amides is 2. The maximum absolute atomic E-state index is 13.2. The molecule has 1 aliphatic rings. The predicted molar refractivity (Wildman–Crippen MR) is 112 cm³/mol. The van der Waals surface area contributed by atoms with Gasteiger partial charge >= 0.3 is 6.03 Å². The zero-order valence-electron chi connectivity index (χ0n) is 17.0. The standard InChI is InChI=1S/C22H27N3O3/c1-15(19-21(2,3)22(19,4)5)24(17-11-7-6-8-12-17)20(26)23-16-10-9-13-18(14-16)25(27)28/h6-15,19H,1-5H3,(H,23,26). The molecule has 2 aromatic carbocycles. The molecule has 0 heterocycles. The van der Waals surface area contributed by atoms with Crippen molar-refractivity contribution in [2.45, 2.75) is 40.7 Å². The van der Waals surface area contributed by atoms with Crippen LogP contribution in [0.2, 0.25) is 0 Å². The lowest BCUT2D eigenvalue weighted by atomic mass is 10.0. The van der Waals surface area contributed by atoms with Crippen molar-refractivity contribution >= 4 is 23.1 Å². The van der Waals surface area contributed by atoms with Gasteiger partial charge in [0.1, 0.15) is 0 Å². The molecular weight excluding hydrogens is 354 g/mol. The molecule has 0 aromatic heterocycles. The molecule has 6 nitrogen and oxygen atoms in total. The van der Waals surface area contributed by atoms with Crippen molar-refractivity contribution in [3.05, 3.63) is 64.7 Å². The third kappa shape index (κ3) is 3.35. The number of benzene rings is 2. The summed E-state index contributed by atoms with van der Waals surface area (Å²) in [4.78, 5) is 25.6. The Morgan fingerprint density at radius 3 is 2.21 bits per heavy atom. The van der Waals surface area contributed by atoms with Gasteiger partial charge in [0.2, 0.25) is 0 Å². The van der Waals surface area contributed by atoms with Crippen LogP contribution in [0.4, 0.5) is 21.9 Å². The van der Waals surface area contributed by atoms with Gasteiger partial charge in [-0.25, -0.2) is 4.79 Å². The van der Waals surface area contributed by atoms with E-state index in [-0.39, 0.29) is 28.6 Å². The number of carbonyl (C=O) groups is 1. The summed E-state index contributed by atoms with van der Waals surface area (Å²) in [6.07, 6.45) is 0. The van der Waals surface area contributed by atoms with Gasteiger partial charge in [0.15, 0.2) is 0 Å². The Bertz CT molecular complexity index is 879. The van der Waals surface area contributed by atoms with E-state index in [9.17, 15) is 14.9 Å². The quantitative estimate of drug-likeness (QED) is 0.533. The molecule has 1 unspecified atom stereocenters. The SMILES string of the molecule is CC(C1C(C)(C)C1(C)C)N(C(=O)Nc1cccc([N+](=O)[O-])c1)c1ccccc1. The summed E-state index contributed by atoms with van der Waals surface area (Å²) < 4.78 is 0. The molecule has 0 aliphatic heterocycles. The number of nitrogens with one attached hydrogen (secondary N) is 1. The first-order chi connectivity index (χ1) is 13.1. The predicted octanol–water partition coefficient (Wildman–Crippen LogP) is 5.70. The molecule has 6 heteroatoms. The molecule has 2 aromatic rings. The van der Waals surface area contributed by atoms with E-state index >= 15 is 0 Å². The lowest BCUT2D eigenvalue weighted by molar-refractivity contribution is -0.384. The maximum Gasteiger partial charge on any atom is 0.326 e. The van der Waals surface area contributed by atoms with Crippen LogP contribution in [-0.2, 0) is 0 Å². The summed E-state index contributed by atoms with van der Waals surface area (Å²) in [5.74, 6) is 0.330. The van der Waals surface area contributed by atoms with Crippen molar-refractivity contribution in [2.24, 2.45) is 16.7 Å². The summed E-state index contributed by atoms with van der Waals surface area (Å²) in [7, 11) is 0. The molecule has 1 fully saturated rings. The number of hydrogen-bond acceptors (Lipinski definition) is 3. The zero-order valence-corrected chi connectivity index (χ0v) is 17.0. The summed E-state index contributed by atoms with van der Waals surface area (Å²) in [5.41, 5.74) is 1.39. The number of carbonyl (C=O) groups excluding carboxylic acids is 1. The zero-order chi connectivity index (χ0) is 20.7. The van der Waals surface area contributed by atoms with Gasteiger partial charge in [-0.15, -0.1) is 0 Å². The van der Waals surface area contributed by atoms with Gasteiger partial charge in [-0.3, -0.25) is 15.0 Å². The molecule has 0 bridgehead atoms. The first-order valence-electron chi connectivity index (χ1n) is 9.47. The van der Waals surface area contributed by atoms with Crippen LogP contribution in [0, 0.1) is 26.9 Å². The molecule has 28 heavy (non-hydrogen) atoms. The molecule has 1 atom stereocenters. The second kappa shape index (κ2) is 6.93. The van der Waals surface area contributed by atoms with Gasteiger partial charge in [0, 0.05) is 29.5 Å². The molecule has 1 aliphatic carbocycles. The van der Waals surface area contributed by atoms with Crippen LogP contribution < -0.4 is 10.2 Å². The molecule has 0 radical (unpaired) electrons. The number of hydrogen-bond donors (Lipinski definition) is 1. The lowest BCUT2D eigenvalue weighted by Gasteiger charge is -2.31. The Kier molecular flexibility index (Phi) is 4.91. The molecule has 0 spiro atoms. The van der Waals surface area contributed by atoms with Crippen molar-refractivity contribution in [2.75, 3.05) is 10.2 Å². The van der Waals surface area contributed by atoms with Crippen LogP contribution in [0.1, 0.15) is 34.6 Å². The highest BCUT2D eigenvalue weighted by atomic mass is 16.6. The van der Waals surface area contributed by atoms with Crippen LogP contribution in [0.3, 0.4) is 0 Å². The summed E-state index contributed by atoms with van der Waals surface area (Å²) >= 11 is 0. The number of urea groups is 1. The fraction of sp³-hybridized carbons (Fsp3) is 0.409. The molecule has 1 saturated carbocycles. The van der Waals surface area contributed by atoms with Crippen LogP contribution in [0.5, 0.6) is 0 Å². The van der Waals surface area contributed by atoms with Crippen LogP contribution >= 0.6 is 0 Å². The molecule has 1 N–H and O–H groups in total. The molecule has 0 saturated heterocycles. The van der Waals surface area contributed by atoms with E-state index in [1.807, 2.05) is 30.3 Å². The average molecular weight is 381 g/mol. The fourth-order valence-electron chi connectivity index (χ4n) is 4.61. The molecular formula is C22H27N3O3. The second-order valence-corrected chi connectivity index (χ2v) is 8.60. The lowest BCUT2D eigenvalue weighted by Crippen LogP contribution is -2.44. The van der Waals surface area contributed by atoms with E-state index in [4.69, 9.17) is 0 Å². The van der Waals surface area contributed by atoms with Crippen LogP contribution in [-0.4, -0.2) is 17.0 Å². The van der Waals surface area contributed by atoms with E-state index in [1.54, 1.807) is 17.0 Å². The normalized spacial score (nSPS) is 18.2. The highest BCUT2D eigenvalue weighted by molar-refractivity contribution is 6.02. The number of nitrogens with zero attached hydrogens (tertiary/aromatic N) is 2. The number of rotatable bonds is 5. The van der Waals surface area contributed by atoms with Crippen LogP contribution in [0.25, 0.3) is 0 Å². The van der Waals surface area contributed by atoms with Crippen LogP contribution in [0.15, 0.2) is 54.6 Å². The van der Waals surface area contributed by atoms with Crippen molar-refractivity contribution in [1.82, 2.24) is 0 Å². The first kappa shape index (κ1) is 19.9. The minimum absolute atomic E-state index is 0.0360. The number of anilines is 2. The Balaban J connectivity index is 1.91. The van der Waals surface area contributed by atoms with Gasteiger partial charge in [0.25, 0.3) is 5.69 Å². The molecule has 148 valence electrons. The average Bonchev–Trinajstić information content (AvgIpc) is 3.04. The van der Waals surface area contributed by atoms with E-state index < -0.39 is 4.92 Å². The van der Waals surface area contributed by atoms with Crippen molar-refractivity contribution in [3.8, 4) is 0 Å². The third-order valence-corrected chi connectivity index (χ3v) is 6.58. The Morgan fingerprint density at radius 2 is 1.68 bits per heavy atom. The molecule has 3 rings (SSSR count). The topological polar surface area (TPSA) is 75.5 Å². The van der Waals surface area contributed by atoms with E-state index in [1.165, 1.54) is 12.1 Å². The summed E-state index contributed by atoms with van der Waals surface area (Å²) in [5, 5.41) is 13.9. The van der Waals surface area contributed by atoms with Crippen molar-refractivity contribution < 1.29 is 9.72 Å². The highest BCUT2D eigenvalue weighted by Gasteiger charge is 2.67. The van der Waals surface area contributed by atoms with E-state index in [2.05, 4.69) is 39.9 Å².